The first kappa shape index (κ1) is 19.2. The van der Waals surface area contributed by atoms with E-state index in [4.69, 9.17) is 4.74 Å². The topological polar surface area (TPSA) is 40.1 Å². The molecule has 1 aromatic carbocycles. The molecule has 1 fully saturated rings. The van der Waals surface area contributed by atoms with E-state index in [2.05, 4.69) is 67.2 Å². The first-order chi connectivity index (χ1) is 11.7. The standard InChI is InChI=1S/C18H29BrN4O/c1-15(16-5-7-17(19)8-6-16)22-10-12-23(13-11-22)18(20-2)21-9-4-14-24-3/h5-8,15H,4,9-14H2,1-3H3,(H,20,21). The summed E-state index contributed by atoms with van der Waals surface area (Å²) in [4.78, 5) is 9.30. The molecule has 6 heteroatoms. The Hall–Kier alpha value is -1.11. The maximum absolute atomic E-state index is 5.09. The normalized spacial score (nSPS) is 17.8. The zero-order valence-electron chi connectivity index (χ0n) is 15.0. The summed E-state index contributed by atoms with van der Waals surface area (Å²) >= 11 is 3.50. The lowest BCUT2D eigenvalue weighted by molar-refractivity contribution is 0.138. The second-order valence-corrected chi connectivity index (χ2v) is 6.99. The van der Waals surface area contributed by atoms with Crippen molar-refractivity contribution in [1.82, 2.24) is 15.1 Å². The van der Waals surface area contributed by atoms with Gasteiger partial charge in [0.15, 0.2) is 5.96 Å². The van der Waals surface area contributed by atoms with Crippen LogP contribution in [0.25, 0.3) is 0 Å². The van der Waals surface area contributed by atoms with E-state index in [1.807, 2.05) is 7.05 Å². The van der Waals surface area contributed by atoms with Gasteiger partial charge in [0.05, 0.1) is 0 Å². The van der Waals surface area contributed by atoms with Gasteiger partial charge >= 0.3 is 0 Å². The molecular formula is C18H29BrN4O. The second kappa shape index (κ2) is 10.0. The van der Waals surface area contributed by atoms with Gasteiger partial charge in [-0.25, -0.2) is 0 Å². The molecule has 0 bridgehead atoms. The molecule has 1 aliphatic rings. The van der Waals surface area contributed by atoms with E-state index in [1.165, 1.54) is 5.56 Å². The first-order valence-electron chi connectivity index (χ1n) is 8.59. The van der Waals surface area contributed by atoms with E-state index in [0.717, 1.165) is 56.2 Å². The molecule has 1 unspecified atom stereocenters. The minimum Gasteiger partial charge on any atom is -0.385 e. The van der Waals surface area contributed by atoms with Crippen molar-refractivity contribution in [1.29, 1.82) is 0 Å². The lowest BCUT2D eigenvalue weighted by atomic mass is 10.1. The summed E-state index contributed by atoms with van der Waals surface area (Å²) in [6.45, 7) is 8.08. The maximum Gasteiger partial charge on any atom is 0.193 e. The van der Waals surface area contributed by atoms with Crippen LogP contribution in [0.5, 0.6) is 0 Å². The molecule has 0 aliphatic carbocycles. The van der Waals surface area contributed by atoms with Crippen molar-refractivity contribution in [3.05, 3.63) is 34.3 Å². The van der Waals surface area contributed by atoms with Gasteiger partial charge in [-0.2, -0.15) is 0 Å². The Bertz CT molecular complexity index is 512. The van der Waals surface area contributed by atoms with Crippen LogP contribution in [0.15, 0.2) is 33.7 Å². The highest BCUT2D eigenvalue weighted by molar-refractivity contribution is 9.10. The fourth-order valence-electron chi connectivity index (χ4n) is 3.02. The Morgan fingerprint density at radius 3 is 2.50 bits per heavy atom. The molecular weight excluding hydrogens is 368 g/mol. The molecule has 1 heterocycles. The molecule has 1 aromatic rings. The third-order valence-corrected chi connectivity index (χ3v) is 5.06. The zero-order valence-corrected chi connectivity index (χ0v) is 16.6. The van der Waals surface area contributed by atoms with Crippen LogP contribution in [0, 0.1) is 0 Å². The highest BCUT2D eigenvalue weighted by atomic mass is 79.9. The predicted octanol–water partition coefficient (Wildman–Crippen LogP) is 2.74. The van der Waals surface area contributed by atoms with Crippen molar-refractivity contribution in [2.45, 2.75) is 19.4 Å². The minimum atomic E-state index is 0.442. The fraction of sp³-hybridized carbons (Fsp3) is 0.611. The van der Waals surface area contributed by atoms with Gasteiger partial charge in [0.2, 0.25) is 0 Å². The van der Waals surface area contributed by atoms with Crippen LogP contribution in [0.1, 0.15) is 24.9 Å². The van der Waals surface area contributed by atoms with E-state index in [0.29, 0.717) is 6.04 Å². The number of ether oxygens (including phenoxy) is 1. The number of nitrogens with zero attached hydrogens (tertiary/aromatic N) is 3. The quantitative estimate of drug-likeness (QED) is 0.455. The van der Waals surface area contributed by atoms with E-state index >= 15 is 0 Å². The van der Waals surface area contributed by atoms with Gasteiger partial charge in [-0.05, 0) is 31.0 Å². The molecule has 0 spiro atoms. The molecule has 1 saturated heterocycles. The van der Waals surface area contributed by atoms with Gasteiger partial charge in [-0.1, -0.05) is 28.1 Å². The Labute approximate surface area is 154 Å². The van der Waals surface area contributed by atoms with Gasteiger partial charge in [0.1, 0.15) is 0 Å². The van der Waals surface area contributed by atoms with Crippen LogP contribution < -0.4 is 5.32 Å². The fourth-order valence-corrected chi connectivity index (χ4v) is 3.29. The number of halogens is 1. The van der Waals surface area contributed by atoms with Crippen molar-refractivity contribution in [2.24, 2.45) is 4.99 Å². The number of aliphatic imine (C=N–C) groups is 1. The molecule has 2 rings (SSSR count). The summed E-state index contributed by atoms with van der Waals surface area (Å²) in [5.41, 5.74) is 1.37. The van der Waals surface area contributed by atoms with Gasteiger partial charge < -0.3 is 15.0 Å². The Morgan fingerprint density at radius 2 is 1.92 bits per heavy atom. The van der Waals surface area contributed by atoms with Crippen molar-refractivity contribution >= 4 is 21.9 Å². The number of benzene rings is 1. The van der Waals surface area contributed by atoms with Crippen molar-refractivity contribution in [3.63, 3.8) is 0 Å². The number of guanidine groups is 1. The number of nitrogens with one attached hydrogen (secondary N) is 1. The Kier molecular flexibility index (Phi) is 8.02. The highest BCUT2D eigenvalue weighted by Gasteiger charge is 2.23. The summed E-state index contributed by atoms with van der Waals surface area (Å²) in [6.07, 6.45) is 0.996. The average molecular weight is 397 g/mol. The largest absolute Gasteiger partial charge is 0.385 e. The van der Waals surface area contributed by atoms with Crippen LogP contribution in [-0.2, 0) is 4.74 Å². The number of piperazine rings is 1. The maximum atomic E-state index is 5.09. The molecule has 1 N–H and O–H groups in total. The molecule has 0 amide bonds. The third-order valence-electron chi connectivity index (χ3n) is 4.53. The van der Waals surface area contributed by atoms with Crippen LogP contribution in [0.4, 0.5) is 0 Å². The van der Waals surface area contributed by atoms with Crippen molar-refractivity contribution < 1.29 is 4.74 Å². The van der Waals surface area contributed by atoms with Gasteiger partial charge in [0, 0.05) is 64.0 Å². The number of hydrogen-bond donors (Lipinski definition) is 1. The third kappa shape index (κ3) is 5.46. The Balaban J connectivity index is 1.82. The van der Waals surface area contributed by atoms with Gasteiger partial charge in [0.25, 0.3) is 0 Å². The lowest BCUT2D eigenvalue weighted by Crippen LogP contribution is -2.53. The van der Waals surface area contributed by atoms with E-state index < -0.39 is 0 Å². The van der Waals surface area contributed by atoms with Crippen molar-refractivity contribution in [3.8, 4) is 0 Å². The van der Waals surface area contributed by atoms with Crippen LogP contribution in [0.3, 0.4) is 0 Å². The molecule has 0 saturated carbocycles. The minimum absolute atomic E-state index is 0.442. The molecule has 24 heavy (non-hydrogen) atoms. The highest BCUT2D eigenvalue weighted by Crippen LogP contribution is 2.23. The van der Waals surface area contributed by atoms with Crippen LogP contribution in [-0.4, -0.2) is 69.2 Å². The smallest absolute Gasteiger partial charge is 0.193 e. The summed E-state index contributed by atoms with van der Waals surface area (Å²) in [5.74, 6) is 1.00. The molecule has 0 radical (unpaired) electrons. The van der Waals surface area contributed by atoms with Crippen LogP contribution in [0.2, 0.25) is 0 Å². The molecule has 5 nitrogen and oxygen atoms in total. The Morgan fingerprint density at radius 1 is 1.25 bits per heavy atom. The average Bonchev–Trinajstić information content (AvgIpc) is 2.62. The summed E-state index contributed by atoms with van der Waals surface area (Å²) < 4.78 is 6.22. The molecule has 1 aliphatic heterocycles. The summed E-state index contributed by atoms with van der Waals surface area (Å²) in [5, 5.41) is 3.43. The SMILES string of the molecule is CN=C(NCCCOC)N1CCN(C(C)c2ccc(Br)cc2)CC1. The van der Waals surface area contributed by atoms with Crippen molar-refractivity contribution in [2.75, 3.05) is 53.5 Å². The zero-order chi connectivity index (χ0) is 17.4. The number of rotatable bonds is 6. The first-order valence-corrected chi connectivity index (χ1v) is 9.39. The molecule has 134 valence electrons. The molecule has 0 aromatic heterocycles. The predicted molar refractivity (Wildman–Crippen MR) is 104 cm³/mol. The molecule has 1 atom stereocenters. The second-order valence-electron chi connectivity index (χ2n) is 6.07. The summed E-state index contributed by atoms with van der Waals surface area (Å²) in [6, 6.07) is 9.09. The monoisotopic (exact) mass is 396 g/mol. The number of hydrogen-bond acceptors (Lipinski definition) is 3. The van der Waals surface area contributed by atoms with Crippen LogP contribution >= 0.6 is 15.9 Å². The van der Waals surface area contributed by atoms with E-state index in [1.54, 1.807) is 7.11 Å². The van der Waals surface area contributed by atoms with Gasteiger partial charge in [-0.3, -0.25) is 9.89 Å². The van der Waals surface area contributed by atoms with E-state index in [-0.39, 0.29) is 0 Å². The lowest BCUT2D eigenvalue weighted by Gasteiger charge is -2.39. The summed E-state index contributed by atoms with van der Waals surface area (Å²) in [7, 11) is 3.59. The number of methoxy groups -OCH3 is 1. The van der Waals surface area contributed by atoms with Gasteiger partial charge in [-0.15, -0.1) is 0 Å². The van der Waals surface area contributed by atoms with E-state index in [9.17, 15) is 0 Å².